The number of carbonyl (C=O) groups is 1. The van der Waals surface area contributed by atoms with Crippen molar-refractivity contribution in [2.24, 2.45) is 0 Å². The first-order chi connectivity index (χ1) is 10.1. The summed E-state index contributed by atoms with van der Waals surface area (Å²) in [6.45, 7) is 6.97. The van der Waals surface area contributed by atoms with Gasteiger partial charge in [0.15, 0.2) is 0 Å². The summed E-state index contributed by atoms with van der Waals surface area (Å²) in [6.07, 6.45) is 0. The number of rotatable bonds is 3. The molecule has 3 nitrogen and oxygen atoms in total. The number of nitrogens with one attached hydrogen (secondary N) is 1. The summed E-state index contributed by atoms with van der Waals surface area (Å²) >= 11 is 1.66. The lowest BCUT2D eigenvalue weighted by Gasteiger charge is -2.10. The van der Waals surface area contributed by atoms with Crippen LogP contribution in [0.25, 0.3) is 10.2 Å². The first kappa shape index (κ1) is 13.9. The molecule has 0 unspecified atom stereocenters. The standard InChI is InChI=1S/C17H18N2OS/c1-4-19-14-7-8-21-16(14)10-15(19)17(20)18-13-6-5-11(2)12(3)9-13/h5-10H,4H2,1-3H3,(H,18,20). The van der Waals surface area contributed by atoms with Gasteiger partial charge in [0.05, 0.1) is 10.2 Å². The molecule has 1 N–H and O–H groups in total. The number of thiophene rings is 1. The lowest BCUT2D eigenvalue weighted by atomic mass is 10.1. The topological polar surface area (TPSA) is 34.0 Å². The van der Waals surface area contributed by atoms with Gasteiger partial charge in [-0.2, -0.15) is 0 Å². The van der Waals surface area contributed by atoms with Crippen molar-refractivity contribution >= 4 is 33.1 Å². The molecule has 0 aliphatic heterocycles. The van der Waals surface area contributed by atoms with Crippen LogP contribution in [0.2, 0.25) is 0 Å². The maximum absolute atomic E-state index is 12.5. The minimum absolute atomic E-state index is 0.0523. The number of benzene rings is 1. The monoisotopic (exact) mass is 298 g/mol. The highest BCUT2D eigenvalue weighted by Crippen LogP contribution is 2.26. The summed E-state index contributed by atoms with van der Waals surface area (Å²) in [5.41, 5.74) is 5.10. The lowest BCUT2D eigenvalue weighted by Crippen LogP contribution is -2.16. The number of fused-ring (bicyclic) bond motifs is 1. The number of hydrogen-bond acceptors (Lipinski definition) is 2. The molecular formula is C17H18N2OS. The van der Waals surface area contributed by atoms with Crippen molar-refractivity contribution in [3.63, 3.8) is 0 Å². The van der Waals surface area contributed by atoms with Crippen LogP contribution in [0, 0.1) is 13.8 Å². The molecule has 4 heteroatoms. The zero-order chi connectivity index (χ0) is 15.0. The average molecular weight is 298 g/mol. The first-order valence-corrected chi connectivity index (χ1v) is 7.93. The van der Waals surface area contributed by atoms with Crippen molar-refractivity contribution < 1.29 is 4.79 Å². The number of hydrogen-bond donors (Lipinski definition) is 1. The summed E-state index contributed by atoms with van der Waals surface area (Å²) in [5, 5.41) is 5.05. The molecule has 108 valence electrons. The molecule has 2 heterocycles. The van der Waals surface area contributed by atoms with E-state index >= 15 is 0 Å². The van der Waals surface area contributed by atoms with Gasteiger partial charge in [-0.25, -0.2) is 0 Å². The van der Waals surface area contributed by atoms with Crippen LogP contribution in [0.1, 0.15) is 28.5 Å². The van der Waals surface area contributed by atoms with Crippen LogP contribution in [-0.4, -0.2) is 10.5 Å². The Balaban J connectivity index is 1.93. The Bertz CT molecular complexity index is 813. The first-order valence-electron chi connectivity index (χ1n) is 7.05. The number of carbonyl (C=O) groups excluding carboxylic acids is 1. The van der Waals surface area contributed by atoms with E-state index in [1.807, 2.05) is 24.3 Å². The van der Waals surface area contributed by atoms with Gasteiger partial charge in [0.25, 0.3) is 5.91 Å². The van der Waals surface area contributed by atoms with E-state index in [4.69, 9.17) is 0 Å². The van der Waals surface area contributed by atoms with Gasteiger partial charge in [-0.05, 0) is 61.5 Å². The summed E-state index contributed by atoms with van der Waals surface area (Å²) in [4.78, 5) is 12.5. The molecule has 21 heavy (non-hydrogen) atoms. The number of aryl methyl sites for hydroxylation is 3. The maximum Gasteiger partial charge on any atom is 0.272 e. The predicted molar refractivity (Wildman–Crippen MR) is 89.4 cm³/mol. The molecule has 0 fully saturated rings. The smallest absolute Gasteiger partial charge is 0.272 e. The van der Waals surface area contributed by atoms with Crippen molar-refractivity contribution in [1.29, 1.82) is 0 Å². The van der Waals surface area contributed by atoms with Gasteiger partial charge in [0.2, 0.25) is 0 Å². The zero-order valence-corrected chi connectivity index (χ0v) is 13.3. The molecular weight excluding hydrogens is 280 g/mol. The zero-order valence-electron chi connectivity index (χ0n) is 12.4. The third kappa shape index (κ3) is 2.47. The Hall–Kier alpha value is -2.07. The predicted octanol–water partition coefficient (Wildman–Crippen LogP) is 4.59. The van der Waals surface area contributed by atoms with Gasteiger partial charge < -0.3 is 9.88 Å². The molecule has 1 amide bonds. The van der Waals surface area contributed by atoms with E-state index in [0.29, 0.717) is 0 Å². The number of nitrogens with zero attached hydrogens (tertiary/aromatic N) is 1. The SMILES string of the molecule is CCn1c(C(=O)Nc2ccc(C)c(C)c2)cc2sccc21. The molecule has 0 spiro atoms. The van der Waals surface area contributed by atoms with E-state index < -0.39 is 0 Å². The number of anilines is 1. The lowest BCUT2D eigenvalue weighted by molar-refractivity contribution is 0.101. The van der Waals surface area contributed by atoms with Gasteiger partial charge in [-0.15, -0.1) is 11.3 Å². The van der Waals surface area contributed by atoms with Crippen molar-refractivity contribution in [1.82, 2.24) is 4.57 Å². The summed E-state index contributed by atoms with van der Waals surface area (Å²) in [7, 11) is 0. The fraction of sp³-hybridized carbons (Fsp3) is 0.235. The molecule has 3 rings (SSSR count). The van der Waals surface area contributed by atoms with E-state index in [0.717, 1.165) is 28.1 Å². The van der Waals surface area contributed by atoms with Crippen LogP contribution < -0.4 is 5.32 Å². The Morgan fingerprint density at radius 3 is 2.71 bits per heavy atom. The molecule has 1 aromatic carbocycles. The second-order valence-electron chi connectivity index (χ2n) is 5.20. The molecule has 0 aliphatic carbocycles. The Morgan fingerprint density at radius 2 is 2.00 bits per heavy atom. The van der Waals surface area contributed by atoms with Crippen molar-refractivity contribution in [2.75, 3.05) is 5.32 Å². The van der Waals surface area contributed by atoms with Crippen molar-refractivity contribution in [3.05, 3.63) is 52.5 Å². The van der Waals surface area contributed by atoms with Crippen LogP contribution >= 0.6 is 11.3 Å². The van der Waals surface area contributed by atoms with E-state index in [9.17, 15) is 4.79 Å². The maximum atomic E-state index is 12.5. The molecule has 3 aromatic rings. The van der Waals surface area contributed by atoms with E-state index in [-0.39, 0.29) is 5.91 Å². The summed E-state index contributed by atoms with van der Waals surface area (Å²) in [5.74, 6) is -0.0523. The molecule has 0 radical (unpaired) electrons. The van der Waals surface area contributed by atoms with Gasteiger partial charge >= 0.3 is 0 Å². The number of aromatic nitrogens is 1. The normalized spacial score (nSPS) is 11.0. The third-order valence-electron chi connectivity index (χ3n) is 3.84. The second kappa shape index (κ2) is 5.37. The number of amides is 1. The van der Waals surface area contributed by atoms with Gasteiger partial charge in [-0.3, -0.25) is 4.79 Å². The van der Waals surface area contributed by atoms with Crippen LogP contribution in [0.3, 0.4) is 0 Å². The van der Waals surface area contributed by atoms with E-state index in [2.05, 4.69) is 42.1 Å². The molecule has 2 aromatic heterocycles. The molecule has 0 saturated heterocycles. The van der Waals surface area contributed by atoms with Crippen LogP contribution in [0.15, 0.2) is 35.7 Å². The summed E-state index contributed by atoms with van der Waals surface area (Å²) < 4.78 is 3.21. The van der Waals surface area contributed by atoms with Gasteiger partial charge in [0, 0.05) is 12.2 Å². The fourth-order valence-corrected chi connectivity index (χ4v) is 3.34. The third-order valence-corrected chi connectivity index (χ3v) is 4.69. The Morgan fingerprint density at radius 1 is 1.19 bits per heavy atom. The fourth-order valence-electron chi connectivity index (χ4n) is 2.52. The minimum Gasteiger partial charge on any atom is -0.336 e. The van der Waals surface area contributed by atoms with Crippen LogP contribution in [-0.2, 0) is 6.54 Å². The highest BCUT2D eigenvalue weighted by molar-refractivity contribution is 7.17. The Labute approximate surface area is 128 Å². The van der Waals surface area contributed by atoms with Crippen LogP contribution in [0.4, 0.5) is 5.69 Å². The summed E-state index contributed by atoms with van der Waals surface area (Å²) in [6, 6.07) is 10.0. The van der Waals surface area contributed by atoms with Gasteiger partial charge in [0.1, 0.15) is 5.69 Å². The minimum atomic E-state index is -0.0523. The Kier molecular flexibility index (Phi) is 3.55. The van der Waals surface area contributed by atoms with Crippen LogP contribution in [0.5, 0.6) is 0 Å². The molecule has 0 saturated carbocycles. The quantitative estimate of drug-likeness (QED) is 0.754. The van der Waals surface area contributed by atoms with Gasteiger partial charge in [-0.1, -0.05) is 6.07 Å². The molecule has 0 atom stereocenters. The molecule has 0 aliphatic rings. The van der Waals surface area contributed by atoms with Crippen molar-refractivity contribution in [2.45, 2.75) is 27.3 Å². The highest BCUT2D eigenvalue weighted by Gasteiger charge is 2.15. The molecule has 0 bridgehead atoms. The highest BCUT2D eigenvalue weighted by atomic mass is 32.1. The largest absolute Gasteiger partial charge is 0.336 e. The second-order valence-corrected chi connectivity index (χ2v) is 6.14. The van der Waals surface area contributed by atoms with E-state index in [1.54, 1.807) is 11.3 Å². The van der Waals surface area contributed by atoms with E-state index in [1.165, 1.54) is 11.1 Å². The van der Waals surface area contributed by atoms with Crippen molar-refractivity contribution in [3.8, 4) is 0 Å². The average Bonchev–Trinajstić information content (AvgIpc) is 3.02.